The van der Waals surface area contributed by atoms with Gasteiger partial charge in [-0.15, -0.1) is 0 Å². The molecule has 0 fully saturated rings. The van der Waals surface area contributed by atoms with Gasteiger partial charge in [0.2, 0.25) is 0 Å². The van der Waals surface area contributed by atoms with Crippen molar-refractivity contribution in [2.24, 2.45) is 5.73 Å². The van der Waals surface area contributed by atoms with Crippen LogP contribution in [-0.2, 0) is 0 Å². The molecule has 0 spiro atoms. The van der Waals surface area contributed by atoms with Crippen molar-refractivity contribution in [1.29, 1.82) is 0 Å². The maximum atomic E-state index is 5.32. The molecule has 11 heavy (non-hydrogen) atoms. The van der Waals surface area contributed by atoms with Crippen LogP contribution in [0.1, 0.15) is 11.1 Å². The van der Waals surface area contributed by atoms with Gasteiger partial charge in [0.25, 0.3) is 0 Å². The molecule has 1 heterocycles. The molecule has 2 N–H and O–H groups in total. The first-order valence-corrected chi connectivity index (χ1v) is 3.62. The molecule has 0 atom stereocenters. The van der Waals surface area contributed by atoms with Gasteiger partial charge in [-0.1, -0.05) is 12.2 Å². The van der Waals surface area contributed by atoms with Gasteiger partial charge in [-0.05, 0) is 24.1 Å². The third-order valence-corrected chi connectivity index (χ3v) is 1.51. The van der Waals surface area contributed by atoms with Gasteiger partial charge >= 0.3 is 0 Å². The molecule has 0 bridgehead atoms. The van der Waals surface area contributed by atoms with Crippen LogP contribution in [-0.4, -0.2) is 11.5 Å². The van der Waals surface area contributed by atoms with Crippen molar-refractivity contribution in [2.45, 2.75) is 6.92 Å². The minimum absolute atomic E-state index is 0.578. The Morgan fingerprint density at radius 2 is 2.45 bits per heavy atom. The Labute approximate surface area is 66.8 Å². The normalized spacial score (nSPS) is 10.7. The van der Waals surface area contributed by atoms with Crippen molar-refractivity contribution in [3.63, 3.8) is 0 Å². The van der Waals surface area contributed by atoms with Crippen molar-refractivity contribution >= 4 is 6.08 Å². The van der Waals surface area contributed by atoms with Crippen LogP contribution in [0.5, 0.6) is 0 Å². The lowest BCUT2D eigenvalue weighted by Gasteiger charge is -1.96. The van der Waals surface area contributed by atoms with E-state index in [1.807, 2.05) is 24.4 Å². The van der Waals surface area contributed by atoms with Crippen molar-refractivity contribution < 1.29 is 0 Å². The molecule has 0 aliphatic heterocycles. The van der Waals surface area contributed by atoms with Crippen LogP contribution in [0, 0.1) is 6.92 Å². The van der Waals surface area contributed by atoms with Crippen LogP contribution < -0.4 is 5.73 Å². The zero-order valence-electron chi connectivity index (χ0n) is 6.62. The molecule has 0 radical (unpaired) electrons. The number of nitrogens with zero attached hydrogens (tertiary/aromatic N) is 1. The Kier molecular flexibility index (Phi) is 2.81. The summed E-state index contributed by atoms with van der Waals surface area (Å²) in [5, 5.41) is 0. The average Bonchev–Trinajstić information content (AvgIpc) is 2.03. The van der Waals surface area contributed by atoms with Crippen LogP contribution in [0.3, 0.4) is 0 Å². The van der Waals surface area contributed by atoms with E-state index in [1.54, 1.807) is 6.20 Å². The van der Waals surface area contributed by atoms with E-state index < -0.39 is 0 Å². The Morgan fingerprint density at radius 1 is 1.64 bits per heavy atom. The number of nitrogens with two attached hydrogens (primary N) is 1. The lowest BCUT2D eigenvalue weighted by Crippen LogP contribution is -1.92. The zero-order chi connectivity index (χ0) is 8.10. The molecule has 1 rings (SSSR count). The van der Waals surface area contributed by atoms with E-state index in [9.17, 15) is 0 Å². The van der Waals surface area contributed by atoms with Gasteiger partial charge in [0.05, 0.1) is 0 Å². The predicted octanol–water partition coefficient (Wildman–Crippen LogP) is 1.36. The molecular weight excluding hydrogens is 136 g/mol. The number of aryl methyl sites for hydroxylation is 1. The highest BCUT2D eigenvalue weighted by molar-refractivity contribution is 5.51. The lowest BCUT2D eigenvalue weighted by molar-refractivity contribution is 1.25. The van der Waals surface area contributed by atoms with Crippen LogP contribution in [0.25, 0.3) is 6.08 Å². The van der Waals surface area contributed by atoms with E-state index in [1.165, 1.54) is 5.56 Å². The second-order valence-corrected chi connectivity index (χ2v) is 2.37. The van der Waals surface area contributed by atoms with Crippen molar-refractivity contribution in [3.8, 4) is 0 Å². The molecule has 2 heteroatoms. The molecule has 0 aliphatic carbocycles. The second kappa shape index (κ2) is 3.88. The van der Waals surface area contributed by atoms with Crippen molar-refractivity contribution in [3.05, 3.63) is 35.7 Å². The van der Waals surface area contributed by atoms with Gasteiger partial charge in [0.15, 0.2) is 0 Å². The van der Waals surface area contributed by atoms with E-state index in [0.717, 1.165) is 5.56 Å². The average molecular weight is 148 g/mol. The van der Waals surface area contributed by atoms with Gasteiger partial charge in [-0.3, -0.25) is 4.98 Å². The first-order valence-electron chi connectivity index (χ1n) is 3.62. The molecule has 0 aromatic carbocycles. The highest BCUT2D eigenvalue weighted by Gasteiger charge is 1.89. The fourth-order valence-electron chi connectivity index (χ4n) is 0.846. The Morgan fingerprint density at radius 3 is 3.09 bits per heavy atom. The molecule has 58 valence electrons. The van der Waals surface area contributed by atoms with E-state index in [4.69, 9.17) is 5.73 Å². The summed E-state index contributed by atoms with van der Waals surface area (Å²) in [5.74, 6) is 0. The molecule has 0 amide bonds. The Balaban J connectivity index is 2.86. The summed E-state index contributed by atoms with van der Waals surface area (Å²) >= 11 is 0. The highest BCUT2D eigenvalue weighted by Crippen LogP contribution is 2.05. The van der Waals surface area contributed by atoms with Crippen LogP contribution in [0.4, 0.5) is 0 Å². The van der Waals surface area contributed by atoms with Gasteiger partial charge in [0.1, 0.15) is 0 Å². The smallest absolute Gasteiger partial charge is 0.0342 e. The van der Waals surface area contributed by atoms with Gasteiger partial charge < -0.3 is 5.73 Å². The summed E-state index contributed by atoms with van der Waals surface area (Å²) in [6.07, 6.45) is 7.53. The summed E-state index contributed by atoms with van der Waals surface area (Å²) in [7, 11) is 0. The summed E-state index contributed by atoms with van der Waals surface area (Å²) < 4.78 is 0. The molecule has 0 unspecified atom stereocenters. The number of hydrogen-bond donors (Lipinski definition) is 1. The summed E-state index contributed by atoms with van der Waals surface area (Å²) in [5.41, 5.74) is 7.68. The number of pyridine rings is 1. The van der Waals surface area contributed by atoms with Gasteiger partial charge in [-0.25, -0.2) is 0 Å². The summed E-state index contributed by atoms with van der Waals surface area (Å²) in [6.45, 7) is 2.63. The molecular formula is C9H12N2. The van der Waals surface area contributed by atoms with Gasteiger partial charge in [0, 0.05) is 18.9 Å². The Bertz CT molecular complexity index is 253. The zero-order valence-corrected chi connectivity index (χ0v) is 6.62. The Hall–Kier alpha value is -1.15. The van der Waals surface area contributed by atoms with E-state index >= 15 is 0 Å². The SMILES string of the molecule is Cc1ccncc1/C=C/CN. The van der Waals surface area contributed by atoms with Crippen LogP contribution in [0.2, 0.25) is 0 Å². The fraction of sp³-hybridized carbons (Fsp3) is 0.222. The predicted molar refractivity (Wildman–Crippen MR) is 47.1 cm³/mol. The first-order chi connectivity index (χ1) is 5.34. The maximum Gasteiger partial charge on any atom is 0.0342 e. The molecule has 0 aliphatic rings. The number of hydrogen-bond acceptors (Lipinski definition) is 2. The minimum Gasteiger partial charge on any atom is -0.327 e. The van der Waals surface area contributed by atoms with Crippen LogP contribution in [0.15, 0.2) is 24.5 Å². The third-order valence-electron chi connectivity index (χ3n) is 1.51. The van der Waals surface area contributed by atoms with Crippen molar-refractivity contribution in [1.82, 2.24) is 4.98 Å². The first kappa shape index (κ1) is 7.95. The summed E-state index contributed by atoms with van der Waals surface area (Å²) in [4.78, 5) is 4.01. The fourth-order valence-corrected chi connectivity index (χ4v) is 0.846. The van der Waals surface area contributed by atoms with E-state index in [-0.39, 0.29) is 0 Å². The quantitative estimate of drug-likeness (QED) is 0.687. The highest BCUT2D eigenvalue weighted by atomic mass is 14.6. The second-order valence-electron chi connectivity index (χ2n) is 2.37. The van der Waals surface area contributed by atoms with Crippen LogP contribution >= 0.6 is 0 Å². The monoisotopic (exact) mass is 148 g/mol. The third kappa shape index (κ3) is 2.16. The molecule has 0 saturated heterocycles. The van der Waals surface area contributed by atoms with Gasteiger partial charge in [-0.2, -0.15) is 0 Å². The maximum absolute atomic E-state index is 5.32. The van der Waals surface area contributed by atoms with E-state index in [0.29, 0.717) is 6.54 Å². The van der Waals surface area contributed by atoms with E-state index in [2.05, 4.69) is 11.9 Å². The van der Waals surface area contributed by atoms with Crippen molar-refractivity contribution in [2.75, 3.05) is 6.54 Å². The topological polar surface area (TPSA) is 38.9 Å². The lowest BCUT2D eigenvalue weighted by atomic mass is 10.1. The molecule has 1 aromatic heterocycles. The number of aromatic nitrogens is 1. The molecule has 2 nitrogen and oxygen atoms in total. The molecule has 0 saturated carbocycles. The largest absolute Gasteiger partial charge is 0.327 e. The molecule has 1 aromatic rings. The summed E-state index contributed by atoms with van der Waals surface area (Å²) in [6, 6.07) is 1.98. The minimum atomic E-state index is 0.578. The standard InChI is InChI=1S/C9H12N2/c1-8-4-6-11-7-9(8)3-2-5-10/h2-4,6-7H,5,10H2,1H3/b3-2+. The number of rotatable bonds is 2.